The zero-order valence-corrected chi connectivity index (χ0v) is 13.2. The molecule has 2 atom stereocenters. The second-order valence-corrected chi connectivity index (χ2v) is 6.21. The molecule has 0 bridgehead atoms. The molecule has 2 heterocycles. The maximum absolute atomic E-state index is 5.98. The van der Waals surface area contributed by atoms with Crippen molar-refractivity contribution >= 4 is 5.82 Å². The van der Waals surface area contributed by atoms with Gasteiger partial charge in [-0.15, -0.1) is 0 Å². The predicted octanol–water partition coefficient (Wildman–Crippen LogP) is 4.42. The van der Waals surface area contributed by atoms with Crippen molar-refractivity contribution in [3.8, 4) is 11.6 Å². The van der Waals surface area contributed by atoms with Gasteiger partial charge in [-0.05, 0) is 37.3 Å². The van der Waals surface area contributed by atoms with Crippen molar-refractivity contribution in [1.29, 1.82) is 0 Å². The monoisotopic (exact) mass is 285 g/mol. The van der Waals surface area contributed by atoms with Gasteiger partial charge in [0.05, 0.1) is 0 Å². The molecule has 2 aromatic heterocycles. The van der Waals surface area contributed by atoms with Crippen molar-refractivity contribution in [2.45, 2.75) is 46.0 Å². The molecule has 1 saturated carbocycles. The Hall–Kier alpha value is -1.84. The lowest BCUT2D eigenvalue weighted by atomic mass is 10.1. The van der Waals surface area contributed by atoms with Gasteiger partial charge in [0, 0.05) is 24.2 Å². The van der Waals surface area contributed by atoms with E-state index in [1.807, 2.05) is 12.1 Å². The van der Waals surface area contributed by atoms with E-state index in [-0.39, 0.29) is 0 Å². The fourth-order valence-corrected chi connectivity index (χ4v) is 2.53. The van der Waals surface area contributed by atoms with Crippen LogP contribution in [0.4, 0.5) is 5.82 Å². The van der Waals surface area contributed by atoms with Crippen LogP contribution in [-0.4, -0.2) is 16.5 Å². The molecule has 3 rings (SSSR count). The number of nitrogens with zero attached hydrogens (tertiary/aromatic N) is 2. The van der Waals surface area contributed by atoms with Crippen molar-refractivity contribution in [1.82, 2.24) is 9.97 Å². The molecule has 1 N–H and O–H groups in total. The van der Waals surface area contributed by atoms with Gasteiger partial charge in [0.2, 0.25) is 0 Å². The minimum absolute atomic E-state index is 0.363. The lowest BCUT2D eigenvalue weighted by Crippen LogP contribution is -2.04. The number of anilines is 1. The summed E-state index contributed by atoms with van der Waals surface area (Å²) in [4.78, 5) is 9.22. The van der Waals surface area contributed by atoms with E-state index in [9.17, 15) is 0 Å². The summed E-state index contributed by atoms with van der Waals surface area (Å²) in [5.41, 5.74) is 1.04. The average Bonchev–Trinajstić information content (AvgIpc) is 3.00. The molecule has 2 aromatic rings. The summed E-state index contributed by atoms with van der Waals surface area (Å²) in [6.45, 7) is 9.45. The summed E-state index contributed by atoms with van der Waals surface area (Å²) in [6, 6.07) is 6.09. The summed E-state index contributed by atoms with van der Waals surface area (Å²) in [5, 5.41) is 3.27. The van der Waals surface area contributed by atoms with Gasteiger partial charge in [-0.2, -0.15) is 0 Å². The van der Waals surface area contributed by atoms with Crippen LogP contribution in [0.1, 0.15) is 57.4 Å². The fraction of sp³-hybridized carbons (Fsp3) is 0.529. The predicted molar refractivity (Wildman–Crippen MR) is 84.5 cm³/mol. The van der Waals surface area contributed by atoms with Gasteiger partial charge in [0.15, 0.2) is 11.6 Å². The SMILES string of the molecule is CCNc1cc(C(C)C)nc(-c2ccc(C3CC3C)o2)n1. The lowest BCUT2D eigenvalue weighted by Gasteiger charge is -2.09. The molecule has 0 spiro atoms. The first-order valence-corrected chi connectivity index (χ1v) is 7.81. The molecule has 0 aromatic carbocycles. The highest BCUT2D eigenvalue weighted by molar-refractivity contribution is 5.52. The molecular weight excluding hydrogens is 262 g/mol. The highest BCUT2D eigenvalue weighted by atomic mass is 16.3. The zero-order valence-electron chi connectivity index (χ0n) is 13.2. The Morgan fingerprint density at radius 2 is 2.10 bits per heavy atom. The van der Waals surface area contributed by atoms with Gasteiger partial charge < -0.3 is 9.73 Å². The second-order valence-electron chi connectivity index (χ2n) is 6.21. The molecule has 21 heavy (non-hydrogen) atoms. The van der Waals surface area contributed by atoms with Crippen LogP contribution in [0, 0.1) is 5.92 Å². The molecule has 1 aliphatic rings. The molecule has 1 aliphatic carbocycles. The summed E-state index contributed by atoms with van der Waals surface area (Å²) in [5.74, 6) is 5.07. The van der Waals surface area contributed by atoms with E-state index in [0.29, 0.717) is 17.7 Å². The van der Waals surface area contributed by atoms with E-state index in [4.69, 9.17) is 4.42 Å². The summed E-state index contributed by atoms with van der Waals surface area (Å²) < 4.78 is 5.98. The minimum Gasteiger partial charge on any atom is -0.457 e. The van der Waals surface area contributed by atoms with E-state index in [2.05, 4.69) is 49.0 Å². The molecular formula is C17H23N3O. The van der Waals surface area contributed by atoms with Crippen LogP contribution < -0.4 is 5.32 Å². The highest BCUT2D eigenvalue weighted by Gasteiger charge is 2.36. The Bertz CT molecular complexity index is 633. The number of nitrogens with one attached hydrogen (secondary N) is 1. The van der Waals surface area contributed by atoms with Crippen LogP contribution in [-0.2, 0) is 0 Å². The Balaban J connectivity index is 1.94. The van der Waals surface area contributed by atoms with Crippen molar-refractivity contribution in [3.63, 3.8) is 0 Å². The standard InChI is InChI=1S/C17H23N3O/c1-5-18-16-9-13(10(2)3)19-17(20-16)15-7-6-14(21-15)12-8-11(12)4/h6-7,9-12H,5,8H2,1-4H3,(H,18,19,20). The molecule has 1 fully saturated rings. The Kier molecular flexibility index (Phi) is 3.70. The molecule has 112 valence electrons. The first-order chi connectivity index (χ1) is 10.1. The highest BCUT2D eigenvalue weighted by Crippen LogP contribution is 2.47. The topological polar surface area (TPSA) is 51.0 Å². The van der Waals surface area contributed by atoms with Crippen LogP contribution in [0.3, 0.4) is 0 Å². The van der Waals surface area contributed by atoms with Crippen molar-refractivity contribution in [2.75, 3.05) is 11.9 Å². The number of hydrogen-bond acceptors (Lipinski definition) is 4. The average molecular weight is 285 g/mol. The fourth-order valence-electron chi connectivity index (χ4n) is 2.53. The molecule has 0 saturated heterocycles. The Morgan fingerprint density at radius 1 is 1.33 bits per heavy atom. The third-order valence-corrected chi connectivity index (χ3v) is 4.02. The molecule has 0 aliphatic heterocycles. The summed E-state index contributed by atoms with van der Waals surface area (Å²) >= 11 is 0. The maximum atomic E-state index is 5.98. The van der Waals surface area contributed by atoms with Crippen LogP contribution >= 0.6 is 0 Å². The third-order valence-electron chi connectivity index (χ3n) is 4.02. The van der Waals surface area contributed by atoms with Crippen LogP contribution in [0.2, 0.25) is 0 Å². The molecule has 0 amide bonds. The van der Waals surface area contributed by atoms with E-state index in [1.54, 1.807) is 0 Å². The van der Waals surface area contributed by atoms with Crippen molar-refractivity contribution in [2.24, 2.45) is 5.92 Å². The molecule has 4 nitrogen and oxygen atoms in total. The summed E-state index contributed by atoms with van der Waals surface area (Å²) in [7, 11) is 0. The first kappa shape index (κ1) is 14.1. The van der Waals surface area contributed by atoms with Crippen molar-refractivity contribution in [3.05, 3.63) is 29.7 Å². The van der Waals surface area contributed by atoms with Gasteiger partial charge in [0.25, 0.3) is 0 Å². The maximum Gasteiger partial charge on any atom is 0.197 e. The number of furan rings is 1. The van der Waals surface area contributed by atoms with Crippen LogP contribution in [0.25, 0.3) is 11.6 Å². The smallest absolute Gasteiger partial charge is 0.197 e. The van der Waals surface area contributed by atoms with Gasteiger partial charge in [-0.3, -0.25) is 0 Å². The van der Waals surface area contributed by atoms with Gasteiger partial charge in [0.1, 0.15) is 11.6 Å². The number of hydrogen-bond donors (Lipinski definition) is 1. The molecule has 4 heteroatoms. The first-order valence-electron chi connectivity index (χ1n) is 7.81. The number of aromatic nitrogens is 2. The largest absolute Gasteiger partial charge is 0.457 e. The Morgan fingerprint density at radius 3 is 2.71 bits per heavy atom. The second kappa shape index (κ2) is 5.51. The van der Waals surface area contributed by atoms with E-state index in [0.717, 1.165) is 35.5 Å². The van der Waals surface area contributed by atoms with Crippen molar-refractivity contribution < 1.29 is 4.42 Å². The van der Waals surface area contributed by atoms with Gasteiger partial charge in [-0.1, -0.05) is 20.8 Å². The van der Waals surface area contributed by atoms with Gasteiger partial charge in [-0.25, -0.2) is 9.97 Å². The van der Waals surface area contributed by atoms with Crippen LogP contribution in [0.5, 0.6) is 0 Å². The lowest BCUT2D eigenvalue weighted by molar-refractivity contribution is 0.514. The quantitative estimate of drug-likeness (QED) is 0.883. The molecule has 0 radical (unpaired) electrons. The minimum atomic E-state index is 0.363. The number of rotatable bonds is 5. The summed E-state index contributed by atoms with van der Waals surface area (Å²) in [6.07, 6.45) is 1.22. The van der Waals surface area contributed by atoms with E-state index in [1.165, 1.54) is 6.42 Å². The third kappa shape index (κ3) is 2.94. The molecule has 2 unspecified atom stereocenters. The van der Waals surface area contributed by atoms with E-state index < -0.39 is 0 Å². The zero-order chi connectivity index (χ0) is 15.0. The van der Waals surface area contributed by atoms with Gasteiger partial charge >= 0.3 is 0 Å². The normalized spacial score (nSPS) is 20.8. The van der Waals surface area contributed by atoms with Crippen LogP contribution in [0.15, 0.2) is 22.6 Å². The van der Waals surface area contributed by atoms with E-state index >= 15 is 0 Å². The Labute approximate surface area is 126 Å².